The van der Waals surface area contributed by atoms with Crippen LogP contribution in [0.3, 0.4) is 0 Å². The van der Waals surface area contributed by atoms with Crippen molar-refractivity contribution in [3.05, 3.63) is 48.0 Å². The van der Waals surface area contributed by atoms with Crippen LogP contribution in [0.5, 0.6) is 0 Å². The standard InChI is InChI=1S/C19H26N2O.ClH/c1-4-19(5-2,13-20)21-18(22)14(3)16-11-10-15-8-6-7-9-17(15)12-16;/h6-12,14H,4-5,13,20H2,1-3H3,(H,21,22);1H. The van der Waals surface area contributed by atoms with Crippen LogP contribution in [0.25, 0.3) is 10.8 Å². The van der Waals surface area contributed by atoms with E-state index in [1.165, 1.54) is 5.39 Å². The first-order valence-electron chi connectivity index (χ1n) is 8.06. The number of amides is 1. The maximum Gasteiger partial charge on any atom is 0.227 e. The van der Waals surface area contributed by atoms with E-state index >= 15 is 0 Å². The summed E-state index contributed by atoms with van der Waals surface area (Å²) in [4.78, 5) is 12.6. The quantitative estimate of drug-likeness (QED) is 0.839. The first kappa shape index (κ1) is 19.5. The number of benzene rings is 2. The van der Waals surface area contributed by atoms with E-state index in [4.69, 9.17) is 5.73 Å². The normalized spacial score (nSPS) is 12.5. The van der Waals surface area contributed by atoms with Crippen LogP contribution in [-0.2, 0) is 4.79 Å². The fraction of sp³-hybridized carbons (Fsp3) is 0.421. The second-order valence-corrected chi connectivity index (χ2v) is 6.01. The number of carbonyl (C=O) groups is 1. The van der Waals surface area contributed by atoms with Crippen LogP contribution in [0, 0.1) is 0 Å². The van der Waals surface area contributed by atoms with E-state index in [1.54, 1.807) is 0 Å². The van der Waals surface area contributed by atoms with Gasteiger partial charge in [-0.05, 0) is 36.1 Å². The van der Waals surface area contributed by atoms with Crippen LogP contribution in [-0.4, -0.2) is 18.0 Å². The summed E-state index contributed by atoms with van der Waals surface area (Å²) in [6.07, 6.45) is 1.69. The number of rotatable bonds is 6. The van der Waals surface area contributed by atoms with Crippen molar-refractivity contribution >= 4 is 29.1 Å². The van der Waals surface area contributed by atoms with Crippen molar-refractivity contribution < 1.29 is 4.79 Å². The lowest BCUT2D eigenvalue weighted by atomic mass is 9.90. The van der Waals surface area contributed by atoms with Crippen molar-refractivity contribution in [2.24, 2.45) is 5.73 Å². The van der Waals surface area contributed by atoms with Crippen molar-refractivity contribution in [2.75, 3.05) is 6.54 Å². The van der Waals surface area contributed by atoms with E-state index in [-0.39, 0.29) is 29.8 Å². The van der Waals surface area contributed by atoms with E-state index in [2.05, 4.69) is 43.4 Å². The number of halogens is 1. The summed E-state index contributed by atoms with van der Waals surface area (Å²) in [6, 6.07) is 14.4. The number of carbonyl (C=O) groups excluding carboxylic acids is 1. The first-order chi connectivity index (χ1) is 10.5. The summed E-state index contributed by atoms with van der Waals surface area (Å²) >= 11 is 0. The average molecular weight is 335 g/mol. The molecule has 4 heteroatoms. The minimum Gasteiger partial charge on any atom is -0.349 e. The zero-order valence-electron chi connectivity index (χ0n) is 14.1. The SMILES string of the molecule is CCC(CC)(CN)NC(=O)C(C)c1ccc2ccccc2c1.Cl. The Morgan fingerprint density at radius 3 is 2.30 bits per heavy atom. The Labute approximate surface area is 145 Å². The molecule has 0 saturated heterocycles. The molecule has 1 unspecified atom stereocenters. The Kier molecular flexibility index (Phi) is 7.04. The first-order valence-corrected chi connectivity index (χ1v) is 8.06. The van der Waals surface area contributed by atoms with E-state index in [1.807, 2.05) is 25.1 Å². The lowest BCUT2D eigenvalue weighted by Crippen LogP contribution is -2.53. The molecule has 23 heavy (non-hydrogen) atoms. The third-order valence-electron chi connectivity index (χ3n) is 4.80. The second kappa shape index (κ2) is 8.32. The molecule has 0 aliphatic carbocycles. The summed E-state index contributed by atoms with van der Waals surface area (Å²) in [7, 11) is 0. The summed E-state index contributed by atoms with van der Waals surface area (Å²) < 4.78 is 0. The third kappa shape index (κ3) is 4.24. The molecule has 1 atom stereocenters. The van der Waals surface area contributed by atoms with Crippen LogP contribution >= 0.6 is 12.4 Å². The Balaban J connectivity index is 0.00000264. The fourth-order valence-corrected chi connectivity index (χ4v) is 2.76. The third-order valence-corrected chi connectivity index (χ3v) is 4.80. The zero-order chi connectivity index (χ0) is 16.2. The van der Waals surface area contributed by atoms with Gasteiger partial charge in [0, 0.05) is 6.54 Å². The van der Waals surface area contributed by atoms with Gasteiger partial charge in [0.05, 0.1) is 11.5 Å². The van der Waals surface area contributed by atoms with Crippen LogP contribution in [0.15, 0.2) is 42.5 Å². The van der Waals surface area contributed by atoms with Gasteiger partial charge in [-0.25, -0.2) is 0 Å². The Morgan fingerprint density at radius 1 is 1.13 bits per heavy atom. The maximum absolute atomic E-state index is 12.6. The second-order valence-electron chi connectivity index (χ2n) is 6.01. The molecule has 0 aliphatic heterocycles. The molecular formula is C19H27ClN2O. The van der Waals surface area contributed by atoms with Gasteiger partial charge in [-0.15, -0.1) is 12.4 Å². The van der Waals surface area contributed by atoms with Crippen molar-refractivity contribution in [1.82, 2.24) is 5.32 Å². The molecule has 126 valence electrons. The number of fused-ring (bicyclic) bond motifs is 1. The van der Waals surface area contributed by atoms with Crippen LogP contribution < -0.4 is 11.1 Å². The molecule has 2 aromatic rings. The highest BCUT2D eigenvalue weighted by Gasteiger charge is 2.28. The van der Waals surface area contributed by atoms with Crippen molar-refractivity contribution in [3.63, 3.8) is 0 Å². The Morgan fingerprint density at radius 2 is 1.74 bits per heavy atom. The van der Waals surface area contributed by atoms with Gasteiger partial charge >= 0.3 is 0 Å². The minimum absolute atomic E-state index is 0. The van der Waals surface area contributed by atoms with Gasteiger partial charge in [0.15, 0.2) is 0 Å². The van der Waals surface area contributed by atoms with Crippen LogP contribution in [0.4, 0.5) is 0 Å². The summed E-state index contributed by atoms with van der Waals surface area (Å²) in [5.41, 5.74) is 6.62. The van der Waals surface area contributed by atoms with Gasteiger partial charge < -0.3 is 11.1 Å². The number of nitrogens with two attached hydrogens (primary N) is 1. The fourth-order valence-electron chi connectivity index (χ4n) is 2.76. The molecule has 0 bridgehead atoms. The molecule has 3 nitrogen and oxygen atoms in total. The monoisotopic (exact) mass is 334 g/mol. The zero-order valence-corrected chi connectivity index (χ0v) is 15.0. The molecule has 0 saturated carbocycles. The number of hydrogen-bond donors (Lipinski definition) is 2. The molecule has 0 fully saturated rings. The van der Waals surface area contributed by atoms with E-state index < -0.39 is 0 Å². The maximum atomic E-state index is 12.6. The predicted octanol–water partition coefficient (Wildman–Crippen LogP) is 4.00. The number of nitrogens with one attached hydrogen (secondary N) is 1. The van der Waals surface area contributed by atoms with Crippen LogP contribution in [0.2, 0.25) is 0 Å². The van der Waals surface area contributed by atoms with Gasteiger partial charge in [-0.3, -0.25) is 4.79 Å². The molecule has 0 heterocycles. The average Bonchev–Trinajstić information content (AvgIpc) is 2.58. The topological polar surface area (TPSA) is 55.1 Å². The van der Waals surface area contributed by atoms with E-state index in [0.717, 1.165) is 23.8 Å². The van der Waals surface area contributed by atoms with Gasteiger partial charge in [-0.2, -0.15) is 0 Å². The highest BCUT2D eigenvalue weighted by atomic mass is 35.5. The molecule has 1 amide bonds. The number of hydrogen-bond acceptors (Lipinski definition) is 2. The van der Waals surface area contributed by atoms with Gasteiger partial charge in [-0.1, -0.05) is 56.3 Å². The van der Waals surface area contributed by atoms with Crippen molar-refractivity contribution in [1.29, 1.82) is 0 Å². The molecule has 0 radical (unpaired) electrons. The van der Waals surface area contributed by atoms with Crippen molar-refractivity contribution in [3.8, 4) is 0 Å². The largest absolute Gasteiger partial charge is 0.349 e. The molecular weight excluding hydrogens is 308 g/mol. The lowest BCUT2D eigenvalue weighted by molar-refractivity contribution is -0.124. The van der Waals surface area contributed by atoms with Crippen LogP contribution in [0.1, 0.15) is 45.1 Å². The summed E-state index contributed by atoms with van der Waals surface area (Å²) in [6.45, 7) is 6.55. The minimum atomic E-state index is -0.289. The van der Waals surface area contributed by atoms with E-state index in [9.17, 15) is 4.79 Å². The van der Waals surface area contributed by atoms with Gasteiger partial charge in [0.1, 0.15) is 0 Å². The lowest BCUT2D eigenvalue weighted by Gasteiger charge is -2.32. The summed E-state index contributed by atoms with van der Waals surface area (Å²) in [5, 5.41) is 5.52. The Hall–Kier alpha value is -1.58. The predicted molar refractivity (Wildman–Crippen MR) is 100 cm³/mol. The molecule has 2 aromatic carbocycles. The molecule has 0 spiro atoms. The molecule has 0 aromatic heterocycles. The van der Waals surface area contributed by atoms with Gasteiger partial charge in [0.2, 0.25) is 5.91 Å². The summed E-state index contributed by atoms with van der Waals surface area (Å²) in [5.74, 6) is -0.141. The highest BCUT2D eigenvalue weighted by molar-refractivity contribution is 5.88. The molecule has 0 aliphatic rings. The van der Waals surface area contributed by atoms with Crippen molar-refractivity contribution in [2.45, 2.75) is 45.1 Å². The van der Waals surface area contributed by atoms with E-state index in [0.29, 0.717) is 6.54 Å². The molecule has 3 N–H and O–H groups in total. The Bertz CT molecular complexity index is 644. The van der Waals surface area contributed by atoms with Gasteiger partial charge in [0.25, 0.3) is 0 Å². The molecule has 2 rings (SSSR count). The highest BCUT2D eigenvalue weighted by Crippen LogP contribution is 2.23. The smallest absolute Gasteiger partial charge is 0.227 e.